The Labute approximate surface area is 192 Å². The van der Waals surface area contributed by atoms with E-state index in [0.29, 0.717) is 33.3 Å². The summed E-state index contributed by atoms with van der Waals surface area (Å²) in [5, 5.41) is 0.555. The number of nitrogens with zero attached hydrogens (tertiary/aromatic N) is 2. The lowest BCUT2D eigenvalue weighted by Crippen LogP contribution is -2.34. The van der Waals surface area contributed by atoms with Gasteiger partial charge < -0.3 is 9.64 Å². The lowest BCUT2D eigenvalue weighted by Gasteiger charge is -2.22. The molecule has 162 valence electrons. The van der Waals surface area contributed by atoms with Gasteiger partial charge >= 0.3 is 0 Å². The van der Waals surface area contributed by atoms with Gasteiger partial charge in [-0.15, -0.1) is 0 Å². The highest BCUT2D eigenvalue weighted by atomic mass is 35.5. The van der Waals surface area contributed by atoms with Crippen molar-refractivity contribution in [3.63, 3.8) is 0 Å². The van der Waals surface area contributed by atoms with Crippen LogP contribution in [0, 0.1) is 0 Å². The van der Waals surface area contributed by atoms with Gasteiger partial charge in [0.2, 0.25) is 0 Å². The molecule has 4 rings (SSSR count). The quantitative estimate of drug-likeness (QED) is 0.466. The highest BCUT2D eigenvalue weighted by molar-refractivity contribution is 6.46. The molecule has 0 aliphatic carbocycles. The van der Waals surface area contributed by atoms with E-state index >= 15 is 0 Å². The van der Waals surface area contributed by atoms with Gasteiger partial charge in [0.15, 0.2) is 0 Å². The van der Waals surface area contributed by atoms with Crippen LogP contribution in [0.4, 0.5) is 11.4 Å². The summed E-state index contributed by atoms with van der Waals surface area (Å²) in [5.74, 6) is -0.194. The summed E-state index contributed by atoms with van der Waals surface area (Å²) in [5.41, 5.74) is 2.52. The van der Waals surface area contributed by atoms with Crippen molar-refractivity contribution in [1.29, 1.82) is 0 Å². The molecule has 0 fully saturated rings. The lowest BCUT2D eigenvalue weighted by atomic mass is 10.0. The number of hydrogen-bond donors (Lipinski definition) is 0. The molecule has 1 aliphatic heterocycles. The van der Waals surface area contributed by atoms with Gasteiger partial charge in [-0.1, -0.05) is 48.0 Å². The fourth-order valence-electron chi connectivity index (χ4n) is 3.69. The number of ether oxygens (including phenoxy) is 1. The van der Waals surface area contributed by atoms with Crippen LogP contribution in [-0.2, 0) is 9.59 Å². The molecule has 0 aromatic heterocycles. The van der Waals surface area contributed by atoms with Crippen LogP contribution < -0.4 is 14.5 Å². The fraction of sp³-hybridized carbons (Fsp3) is 0.154. The smallest absolute Gasteiger partial charge is 0.282 e. The number of rotatable bonds is 6. The Kier molecular flexibility index (Phi) is 6.01. The Bertz CT molecular complexity index is 1190. The maximum absolute atomic E-state index is 13.7. The van der Waals surface area contributed by atoms with Crippen molar-refractivity contribution in [2.75, 3.05) is 16.8 Å². The zero-order valence-corrected chi connectivity index (χ0v) is 18.8. The molecule has 0 radical (unpaired) electrons. The monoisotopic (exact) mass is 446 g/mol. The Morgan fingerprint density at radius 3 is 2.22 bits per heavy atom. The number of amides is 2. The summed E-state index contributed by atoms with van der Waals surface area (Å²) >= 11 is 6.06. The largest absolute Gasteiger partial charge is 0.491 e. The third kappa shape index (κ3) is 4.12. The number of para-hydroxylation sites is 1. The zero-order valence-electron chi connectivity index (χ0n) is 18.1. The van der Waals surface area contributed by atoms with E-state index in [0.717, 1.165) is 5.69 Å². The molecule has 2 amide bonds. The van der Waals surface area contributed by atoms with Crippen molar-refractivity contribution >= 4 is 40.4 Å². The van der Waals surface area contributed by atoms with E-state index in [-0.39, 0.29) is 6.10 Å². The summed E-state index contributed by atoms with van der Waals surface area (Å²) in [4.78, 5) is 30.2. The van der Waals surface area contributed by atoms with Crippen LogP contribution >= 0.6 is 11.6 Å². The average molecular weight is 447 g/mol. The Balaban J connectivity index is 1.83. The first kappa shape index (κ1) is 21.7. The summed E-state index contributed by atoms with van der Waals surface area (Å²) in [6.45, 7) is 3.85. The normalized spacial score (nSPS) is 13.8. The number of carbonyl (C=O) groups excluding carboxylic acids is 2. The highest BCUT2D eigenvalue weighted by Crippen LogP contribution is 2.37. The van der Waals surface area contributed by atoms with Crippen LogP contribution in [0.1, 0.15) is 19.4 Å². The number of halogens is 1. The second-order valence-corrected chi connectivity index (χ2v) is 8.17. The Hall–Kier alpha value is -3.57. The number of anilines is 2. The topological polar surface area (TPSA) is 49.9 Å². The van der Waals surface area contributed by atoms with Gasteiger partial charge in [-0.3, -0.25) is 9.59 Å². The molecule has 0 atom stereocenters. The molecule has 5 nitrogen and oxygen atoms in total. The second kappa shape index (κ2) is 8.89. The summed E-state index contributed by atoms with van der Waals surface area (Å²) in [6.07, 6.45) is -0.0299. The van der Waals surface area contributed by atoms with Gasteiger partial charge in [0, 0.05) is 23.8 Å². The molecule has 3 aromatic rings. The van der Waals surface area contributed by atoms with Crippen molar-refractivity contribution in [2.45, 2.75) is 20.0 Å². The Morgan fingerprint density at radius 1 is 0.875 bits per heavy atom. The van der Waals surface area contributed by atoms with Crippen molar-refractivity contribution < 1.29 is 14.3 Å². The predicted octanol–water partition coefficient (Wildman–Crippen LogP) is 5.55. The van der Waals surface area contributed by atoms with E-state index in [1.54, 1.807) is 60.5 Å². The minimum absolute atomic E-state index is 0.0299. The molecule has 1 heterocycles. The van der Waals surface area contributed by atoms with Crippen LogP contribution in [-0.4, -0.2) is 25.0 Å². The van der Waals surface area contributed by atoms with Crippen molar-refractivity contribution in [2.24, 2.45) is 0 Å². The third-order valence-corrected chi connectivity index (χ3v) is 5.37. The van der Waals surface area contributed by atoms with E-state index in [4.69, 9.17) is 16.3 Å². The third-order valence-electron chi connectivity index (χ3n) is 5.12. The van der Waals surface area contributed by atoms with Gasteiger partial charge in [0.1, 0.15) is 11.4 Å². The number of benzene rings is 3. The number of carbonyl (C=O) groups is 2. The molecule has 0 saturated heterocycles. The molecule has 32 heavy (non-hydrogen) atoms. The fourth-order valence-corrected chi connectivity index (χ4v) is 3.82. The van der Waals surface area contributed by atoms with Gasteiger partial charge in [-0.2, -0.15) is 0 Å². The molecule has 3 aromatic carbocycles. The molecule has 0 bridgehead atoms. The summed E-state index contributed by atoms with van der Waals surface area (Å²) in [7, 11) is 1.79. The molecule has 0 spiro atoms. The van der Waals surface area contributed by atoms with Crippen LogP contribution in [0.3, 0.4) is 0 Å². The van der Waals surface area contributed by atoms with Crippen molar-refractivity contribution in [3.05, 3.63) is 95.1 Å². The van der Waals surface area contributed by atoms with Gasteiger partial charge in [0.25, 0.3) is 11.8 Å². The number of likely N-dealkylation sites (N-methyl/N-ethyl adjacent to an activating group) is 1. The first-order valence-electron chi connectivity index (χ1n) is 10.3. The minimum atomic E-state index is -0.395. The molecule has 6 heteroatoms. The molecule has 0 N–H and O–H groups in total. The first-order valence-corrected chi connectivity index (χ1v) is 10.7. The zero-order chi connectivity index (χ0) is 22.8. The van der Waals surface area contributed by atoms with Gasteiger partial charge in [-0.25, -0.2) is 4.90 Å². The molecule has 1 aliphatic rings. The van der Waals surface area contributed by atoms with E-state index in [2.05, 4.69) is 0 Å². The SMILES string of the molecule is CC(C)Oc1cccc(N2C(=O)C(c3ccc(Cl)cc3)=C(N(C)c3ccccc3)C2=O)c1. The second-order valence-electron chi connectivity index (χ2n) is 7.73. The molecule has 0 unspecified atom stereocenters. The van der Waals surface area contributed by atoms with Crippen LogP contribution in [0.15, 0.2) is 84.6 Å². The van der Waals surface area contributed by atoms with Gasteiger partial charge in [0.05, 0.1) is 17.4 Å². The number of hydrogen-bond acceptors (Lipinski definition) is 4. The van der Waals surface area contributed by atoms with Crippen LogP contribution in [0.5, 0.6) is 5.75 Å². The maximum Gasteiger partial charge on any atom is 0.282 e. The summed E-state index contributed by atoms with van der Waals surface area (Å²) < 4.78 is 5.77. The standard InChI is InChI=1S/C26H23ClN2O3/c1-17(2)32-22-11-7-10-21(16-22)29-25(30)23(18-12-14-19(27)15-13-18)24(26(29)31)28(3)20-8-5-4-6-9-20/h4-17H,1-3H3. The lowest BCUT2D eigenvalue weighted by molar-refractivity contribution is -0.120. The van der Waals surface area contributed by atoms with Crippen LogP contribution in [0.25, 0.3) is 5.57 Å². The summed E-state index contributed by atoms with van der Waals surface area (Å²) in [6, 6.07) is 23.4. The van der Waals surface area contributed by atoms with Crippen molar-refractivity contribution in [1.82, 2.24) is 0 Å². The van der Waals surface area contributed by atoms with E-state index < -0.39 is 11.8 Å². The Morgan fingerprint density at radius 2 is 1.56 bits per heavy atom. The molecular formula is C26H23ClN2O3. The average Bonchev–Trinajstić information content (AvgIpc) is 3.04. The van der Waals surface area contributed by atoms with Crippen LogP contribution in [0.2, 0.25) is 5.02 Å². The first-order chi connectivity index (χ1) is 15.4. The van der Waals surface area contributed by atoms with Crippen molar-refractivity contribution in [3.8, 4) is 5.75 Å². The minimum Gasteiger partial charge on any atom is -0.491 e. The van der Waals surface area contributed by atoms with Gasteiger partial charge in [-0.05, 0) is 55.8 Å². The van der Waals surface area contributed by atoms with E-state index in [1.807, 2.05) is 44.2 Å². The van der Waals surface area contributed by atoms with E-state index in [9.17, 15) is 9.59 Å². The molecular weight excluding hydrogens is 424 g/mol. The molecule has 0 saturated carbocycles. The highest BCUT2D eigenvalue weighted by Gasteiger charge is 2.42. The maximum atomic E-state index is 13.7. The predicted molar refractivity (Wildman–Crippen MR) is 128 cm³/mol. The van der Waals surface area contributed by atoms with E-state index in [1.165, 1.54) is 4.90 Å². The number of imide groups is 1.